The molecule has 0 bridgehead atoms. The minimum atomic E-state index is -0.570. The lowest BCUT2D eigenvalue weighted by molar-refractivity contribution is 0.166. The van der Waals surface area contributed by atoms with Crippen LogP contribution in [0.25, 0.3) is 38.4 Å². The number of thiophene rings is 1. The Balaban J connectivity index is 1.46. The standard InChI is InChI=1S/C29H18OS/c1-3-11-25-21(7-1)22-8-2-4-12-26(22)29(25)17-16-23-19-9-5-10-24(28-13-6-18-31-28)20(19)14-15-27(23)30-29/h1-18H. The molecule has 1 spiro atoms. The molecule has 1 aliphatic carbocycles. The Kier molecular flexibility index (Phi) is 3.42. The van der Waals surface area contributed by atoms with Gasteiger partial charge in [0.05, 0.1) is 0 Å². The van der Waals surface area contributed by atoms with Gasteiger partial charge in [-0.25, -0.2) is 0 Å². The number of fused-ring (bicyclic) bond motifs is 8. The van der Waals surface area contributed by atoms with Crippen LogP contribution in [0.5, 0.6) is 5.75 Å². The molecule has 0 N–H and O–H groups in total. The van der Waals surface area contributed by atoms with Crippen molar-refractivity contribution >= 4 is 28.2 Å². The zero-order valence-electron chi connectivity index (χ0n) is 16.7. The summed E-state index contributed by atoms with van der Waals surface area (Å²) < 4.78 is 6.89. The third-order valence-corrected chi connectivity index (χ3v) is 7.45. The summed E-state index contributed by atoms with van der Waals surface area (Å²) in [5.41, 5.74) is 6.80. The minimum Gasteiger partial charge on any atom is -0.473 e. The third-order valence-electron chi connectivity index (χ3n) is 6.55. The summed E-state index contributed by atoms with van der Waals surface area (Å²) in [4.78, 5) is 1.29. The van der Waals surface area contributed by atoms with Crippen LogP contribution in [0.4, 0.5) is 0 Å². The van der Waals surface area contributed by atoms with E-state index in [1.165, 1.54) is 43.5 Å². The van der Waals surface area contributed by atoms with Crippen molar-refractivity contribution in [3.05, 3.63) is 119 Å². The van der Waals surface area contributed by atoms with Gasteiger partial charge in [-0.05, 0) is 63.2 Å². The van der Waals surface area contributed by atoms with Crippen molar-refractivity contribution in [1.82, 2.24) is 0 Å². The van der Waals surface area contributed by atoms with Gasteiger partial charge in [0.2, 0.25) is 0 Å². The second-order valence-electron chi connectivity index (χ2n) is 8.12. The molecule has 2 aliphatic rings. The first kappa shape index (κ1) is 17.1. The predicted octanol–water partition coefficient (Wildman–Crippen LogP) is 7.90. The summed E-state index contributed by atoms with van der Waals surface area (Å²) in [5.74, 6) is 0.935. The molecule has 1 aromatic heterocycles. The average molecular weight is 415 g/mol. The third kappa shape index (κ3) is 2.26. The first-order chi connectivity index (χ1) is 15.4. The topological polar surface area (TPSA) is 9.23 Å². The number of hydrogen-bond acceptors (Lipinski definition) is 2. The summed E-state index contributed by atoms with van der Waals surface area (Å²) >= 11 is 1.78. The fourth-order valence-corrected chi connectivity index (χ4v) is 5.96. The second-order valence-corrected chi connectivity index (χ2v) is 9.07. The first-order valence-electron chi connectivity index (χ1n) is 10.5. The van der Waals surface area contributed by atoms with Crippen LogP contribution in [0.3, 0.4) is 0 Å². The zero-order valence-corrected chi connectivity index (χ0v) is 17.5. The first-order valence-corrected chi connectivity index (χ1v) is 11.4. The van der Waals surface area contributed by atoms with Gasteiger partial charge >= 0.3 is 0 Å². The van der Waals surface area contributed by atoms with Crippen LogP contribution in [0, 0.1) is 0 Å². The van der Waals surface area contributed by atoms with E-state index in [2.05, 4.69) is 109 Å². The molecule has 0 radical (unpaired) electrons. The van der Waals surface area contributed by atoms with Crippen molar-refractivity contribution < 1.29 is 4.74 Å². The van der Waals surface area contributed by atoms with Crippen molar-refractivity contribution in [2.45, 2.75) is 5.60 Å². The molecular formula is C29H18OS. The molecule has 0 unspecified atom stereocenters. The molecule has 1 nitrogen and oxygen atoms in total. The van der Waals surface area contributed by atoms with Gasteiger partial charge in [0.25, 0.3) is 0 Å². The van der Waals surface area contributed by atoms with Crippen LogP contribution >= 0.6 is 11.3 Å². The highest BCUT2D eigenvalue weighted by atomic mass is 32.1. The summed E-state index contributed by atoms with van der Waals surface area (Å²) in [6.45, 7) is 0. The Bertz CT molecular complexity index is 1460. The minimum absolute atomic E-state index is 0.570. The van der Waals surface area contributed by atoms with Crippen molar-refractivity contribution in [2.75, 3.05) is 0 Å². The highest BCUT2D eigenvalue weighted by molar-refractivity contribution is 7.13. The molecule has 4 aromatic carbocycles. The van der Waals surface area contributed by atoms with E-state index in [-0.39, 0.29) is 0 Å². The van der Waals surface area contributed by atoms with Crippen molar-refractivity contribution in [2.24, 2.45) is 0 Å². The van der Waals surface area contributed by atoms with E-state index in [1.54, 1.807) is 11.3 Å². The average Bonchev–Trinajstić information content (AvgIpc) is 3.45. The molecule has 1 aliphatic heterocycles. The Hall–Kier alpha value is -3.62. The normalized spacial score (nSPS) is 14.8. The molecule has 0 atom stereocenters. The second kappa shape index (κ2) is 6.19. The van der Waals surface area contributed by atoms with E-state index in [0.717, 1.165) is 11.3 Å². The fourth-order valence-electron chi connectivity index (χ4n) is 5.20. The lowest BCUT2D eigenvalue weighted by Crippen LogP contribution is -2.32. The summed E-state index contributed by atoms with van der Waals surface area (Å²) in [6, 6.07) is 32.4. The summed E-state index contributed by atoms with van der Waals surface area (Å²) in [7, 11) is 0. The fraction of sp³-hybridized carbons (Fsp3) is 0.0345. The Labute approximate surface area is 184 Å². The van der Waals surface area contributed by atoms with Crippen LogP contribution in [-0.4, -0.2) is 0 Å². The van der Waals surface area contributed by atoms with Gasteiger partial charge in [-0.3, -0.25) is 0 Å². The van der Waals surface area contributed by atoms with Gasteiger partial charge in [-0.15, -0.1) is 11.3 Å². The maximum atomic E-state index is 6.89. The predicted molar refractivity (Wildman–Crippen MR) is 130 cm³/mol. The summed E-state index contributed by atoms with van der Waals surface area (Å²) in [5, 5.41) is 4.63. The van der Waals surface area contributed by atoms with Gasteiger partial charge in [0.15, 0.2) is 5.60 Å². The maximum absolute atomic E-state index is 6.89. The summed E-state index contributed by atoms with van der Waals surface area (Å²) in [6.07, 6.45) is 4.51. The van der Waals surface area contributed by atoms with Crippen molar-refractivity contribution in [1.29, 1.82) is 0 Å². The zero-order chi connectivity index (χ0) is 20.4. The molecule has 31 heavy (non-hydrogen) atoms. The highest BCUT2D eigenvalue weighted by Crippen LogP contribution is 2.53. The number of benzene rings is 4. The molecule has 0 fully saturated rings. The van der Waals surface area contributed by atoms with Gasteiger partial charge in [0.1, 0.15) is 5.75 Å². The van der Waals surface area contributed by atoms with Gasteiger partial charge in [0, 0.05) is 21.6 Å². The molecule has 0 saturated heterocycles. The molecule has 5 aromatic rings. The monoisotopic (exact) mass is 414 g/mol. The lowest BCUT2D eigenvalue weighted by atomic mass is 9.87. The molecule has 7 rings (SSSR count). The lowest BCUT2D eigenvalue weighted by Gasteiger charge is -2.34. The van der Waals surface area contributed by atoms with Gasteiger partial charge in [-0.2, -0.15) is 0 Å². The highest BCUT2D eigenvalue weighted by Gasteiger charge is 2.45. The molecule has 146 valence electrons. The number of hydrogen-bond donors (Lipinski definition) is 0. The molecule has 2 heterocycles. The van der Waals surface area contributed by atoms with Gasteiger partial charge in [-0.1, -0.05) is 72.8 Å². The number of rotatable bonds is 1. The SMILES string of the molecule is C1=CC2(Oc3ccc4c(-c5cccs5)cccc4c31)c1ccccc1-c1ccccc12. The maximum Gasteiger partial charge on any atom is 0.179 e. The van der Waals surface area contributed by atoms with Crippen LogP contribution in [0.1, 0.15) is 16.7 Å². The van der Waals surface area contributed by atoms with Crippen LogP contribution in [-0.2, 0) is 5.60 Å². The molecular weight excluding hydrogens is 396 g/mol. The van der Waals surface area contributed by atoms with Crippen molar-refractivity contribution in [3.8, 4) is 27.3 Å². The van der Waals surface area contributed by atoms with E-state index in [4.69, 9.17) is 4.74 Å². The quantitative estimate of drug-likeness (QED) is 0.271. The Morgan fingerprint density at radius 3 is 2.10 bits per heavy atom. The largest absolute Gasteiger partial charge is 0.473 e. The Morgan fingerprint density at radius 1 is 0.613 bits per heavy atom. The van der Waals surface area contributed by atoms with E-state index in [0.29, 0.717) is 0 Å². The van der Waals surface area contributed by atoms with E-state index in [1.807, 2.05) is 0 Å². The van der Waals surface area contributed by atoms with E-state index < -0.39 is 5.60 Å². The number of ether oxygens (including phenoxy) is 1. The molecule has 0 amide bonds. The van der Waals surface area contributed by atoms with Crippen LogP contribution < -0.4 is 4.74 Å². The molecule has 0 saturated carbocycles. The smallest absolute Gasteiger partial charge is 0.179 e. The van der Waals surface area contributed by atoms with Gasteiger partial charge < -0.3 is 4.74 Å². The van der Waals surface area contributed by atoms with E-state index >= 15 is 0 Å². The van der Waals surface area contributed by atoms with E-state index in [9.17, 15) is 0 Å². The van der Waals surface area contributed by atoms with Crippen molar-refractivity contribution in [3.63, 3.8) is 0 Å². The van der Waals surface area contributed by atoms with Crippen LogP contribution in [0.2, 0.25) is 0 Å². The Morgan fingerprint density at radius 2 is 1.35 bits per heavy atom. The van der Waals surface area contributed by atoms with Crippen LogP contribution in [0.15, 0.2) is 102 Å². The molecule has 2 heteroatoms.